The summed E-state index contributed by atoms with van der Waals surface area (Å²) < 4.78 is 0. The highest BCUT2D eigenvalue weighted by Crippen LogP contribution is 2.20. The first-order valence-electron chi connectivity index (χ1n) is 5.81. The summed E-state index contributed by atoms with van der Waals surface area (Å²) in [5.41, 5.74) is 0. The van der Waals surface area contributed by atoms with Crippen molar-refractivity contribution in [2.75, 3.05) is 38.1 Å². The fraction of sp³-hybridized carbons (Fsp3) is 0.583. The number of halogens is 1. The number of likely N-dealkylation sites (tertiary alicyclic amines) is 1. The predicted octanol–water partition coefficient (Wildman–Crippen LogP) is 2.27. The second kappa shape index (κ2) is 5.51. The molecule has 1 aliphatic rings. The molecule has 1 aromatic heterocycles. The second-order valence-electron chi connectivity index (χ2n) is 4.28. The Morgan fingerprint density at radius 2 is 2.19 bits per heavy atom. The molecule has 0 N–H and O–H groups in total. The fourth-order valence-electron chi connectivity index (χ4n) is 2.06. The van der Waals surface area contributed by atoms with Crippen molar-refractivity contribution < 1.29 is 0 Å². The van der Waals surface area contributed by atoms with Crippen LogP contribution in [0.25, 0.3) is 0 Å². The lowest BCUT2D eigenvalue weighted by atomic mass is 10.4. The smallest absolute Gasteiger partial charge is 0.147 e. The molecule has 0 bridgehead atoms. The molecule has 3 nitrogen and oxygen atoms in total. The molecule has 4 heteroatoms. The van der Waals surface area contributed by atoms with E-state index in [0.29, 0.717) is 0 Å². The van der Waals surface area contributed by atoms with E-state index in [1.165, 1.54) is 25.9 Å². The Labute approximate surface area is 102 Å². The number of nitrogens with zero attached hydrogens (tertiary/aromatic N) is 3. The van der Waals surface area contributed by atoms with Gasteiger partial charge >= 0.3 is 0 Å². The average molecular weight is 240 g/mol. The number of rotatable bonds is 4. The maximum Gasteiger partial charge on any atom is 0.147 e. The highest BCUT2D eigenvalue weighted by atomic mass is 35.5. The van der Waals surface area contributed by atoms with E-state index in [9.17, 15) is 0 Å². The van der Waals surface area contributed by atoms with Gasteiger partial charge in [0.2, 0.25) is 0 Å². The van der Waals surface area contributed by atoms with Crippen LogP contribution in [-0.2, 0) is 0 Å². The summed E-state index contributed by atoms with van der Waals surface area (Å²) in [6, 6.07) is 3.75. The summed E-state index contributed by atoms with van der Waals surface area (Å²) in [6.45, 7) is 4.56. The Balaban J connectivity index is 1.87. The van der Waals surface area contributed by atoms with Crippen LogP contribution in [0.1, 0.15) is 12.8 Å². The van der Waals surface area contributed by atoms with E-state index in [1.54, 1.807) is 6.20 Å². The van der Waals surface area contributed by atoms with Gasteiger partial charge in [-0.25, -0.2) is 4.98 Å². The van der Waals surface area contributed by atoms with Crippen molar-refractivity contribution in [3.05, 3.63) is 23.4 Å². The fourth-order valence-corrected chi connectivity index (χ4v) is 2.33. The van der Waals surface area contributed by atoms with E-state index in [1.807, 2.05) is 19.2 Å². The Morgan fingerprint density at radius 1 is 1.44 bits per heavy atom. The zero-order chi connectivity index (χ0) is 11.4. The molecule has 2 rings (SSSR count). The van der Waals surface area contributed by atoms with Crippen molar-refractivity contribution in [3.63, 3.8) is 0 Å². The van der Waals surface area contributed by atoms with Gasteiger partial charge < -0.3 is 9.80 Å². The highest BCUT2D eigenvalue weighted by molar-refractivity contribution is 6.32. The van der Waals surface area contributed by atoms with Crippen LogP contribution in [0.3, 0.4) is 0 Å². The van der Waals surface area contributed by atoms with E-state index in [2.05, 4.69) is 14.8 Å². The molecule has 1 aromatic rings. The lowest BCUT2D eigenvalue weighted by molar-refractivity contribution is 0.346. The van der Waals surface area contributed by atoms with E-state index in [-0.39, 0.29) is 0 Å². The first kappa shape index (κ1) is 11.7. The molecule has 16 heavy (non-hydrogen) atoms. The maximum atomic E-state index is 6.10. The summed E-state index contributed by atoms with van der Waals surface area (Å²) in [5.74, 6) is 0.878. The minimum atomic E-state index is 0.728. The Bertz CT molecular complexity index is 337. The number of pyridine rings is 1. The van der Waals surface area contributed by atoms with Crippen molar-refractivity contribution in [3.8, 4) is 0 Å². The SMILES string of the molecule is CN(CCN1CCCC1)c1ncccc1Cl. The third-order valence-corrected chi connectivity index (χ3v) is 3.35. The van der Waals surface area contributed by atoms with Gasteiger partial charge in [-0.1, -0.05) is 11.6 Å². The quantitative estimate of drug-likeness (QED) is 0.804. The Morgan fingerprint density at radius 3 is 2.88 bits per heavy atom. The molecule has 0 amide bonds. The minimum Gasteiger partial charge on any atom is -0.357 e. The van der Waals surface area contributed by atoms with Crippen molar-refractivity contribution in [2.24, 2.45) is 0 Å². The lowest BCUT2D eigenvalue weighted by Gasteiger charge is -2.22. The van der Waals surface area contributed by atoms with Gasteiger partial charge in [0, 0.05) is 26.3 Å². The second-order valence-corrected chi connectivity index (χ2v) is 4.69. The molecule has 0 atom stereocenters. The topological polar surface area (TPSA) is 19.4 Å². The molecule has 1 aliphatic heterocycles. The molecular formula is C12H18ClN3. The summed E-state index contributed by atoms with van der Waals surface area (Å²) in [6.07, 6.45) is 4.47. The van der Waals surface area contributed by atoms with Crippen molar-refractivity contribution in [1.29, 1.82) is 0 Å². The predicted molar refractivity (Wildman–Crippen MR) is 68.2 cm³/mol. The first-order valence-corrected chi connectivity index (χ1v) is 6.19. The Hall–Kier alpha value is -0.800. The van der Waals surface area contributed by atoms with Gasteiger partial charge in [0.05, 0.1) is 5.02 Å². The van der Waals surface area contributed by atoms with Crippen molar-refractivity contribution in [2.45, 2.75) is 12.8 Å². The van der Waals surface area contributed by atoms with Crippen LogP contribution in [-0.4, -0.2) is 43.1 Å². The van der Waals surface area contributed by atoms with Crippen LogP contribution < -0.4 is 4.90 Å². The number of aromatic nitrogens is 1. The highest BCUT2D eigenvalue weighted by Gasteiger charge is 2.13. The van der Waals surface area contributed by atoms with Gasteiger partial charge in [-0.05, 0) is 38.1 Å². The zero-order valence-electron chi connectivity index (χ0n) is 9.69. The largest absolute Gasteiger partial charge is 0.357 e. The third-order valence-electron chi connectivity index (χ3n) is 3.05. The first-order chi connectivity index (χ1) is 7.77. The molecule has 0 saturated carbocycles. The van der Waals surface area contributed by atoms with Gasteiger partial charge in [0.1, 0.15) is 5.82 Å². The van der Waals surface area contributed by atoms with E-state index in [0.717, 1.165) is 23.9 Å². The molecule has 1 saturated heterocycles. The monoisotopic (exact) mass is 239 g/mol. The minimum absolute atomic E-state index is 0.728. The molecule has 88 valence electrons. The van der Waals surface area contributed by atoms with Gasteiger partial charge in [0.25, 0.3) is 0 Å². The number of anilines is 1. The van der Waals surface area contributed by atoms with E-state index in [4.69, 9.17) is 11.6 Å². The van der Waals surface area contributed by atoms with Gasteiger partial charge in [0.15, 0.2) is 0 Å². The van der Waals surface area contributed by atoms with Crippen LogP contribution in [0.5, 0.6) is 0 Å². The summed E-state index contributed by atoms with van der Waals surface area (Å²) >= 11 is 6.10. The lowest BCUT2D eigenvalue weighted by Crippen LogP contribution is -2.31. The van der Waals surface area contributed by atoms with Gasteiger partial charge in [-0.3, -0.25) is 0 Å². The standard InChI is InChI=1S/C12H18ClN3/c1-15(9-10-16-7-2-3-8-16)12-11(13)5-4-6-14-12/h4-6H,2-3,7-10H2,1H3. The van der Waals surface area contributed by atoms with Crippen LogP contribution in [0.4, 0.5) is 5.82 Å². The molecule has 0 spiro atoms. The maximum absolute atomic E-state index is 6.10. The number of hydrogen-bond donors (Lipinski definition) is 0. The number of hydrogen-bond acceptors (Lipinski definition) is 3. The van der Waals surface area contributed by atoms with Crippen LogP contribution in [0.15, 0.2) is 18.3 Å². The molecule has 0 unspecified atom stereocenters. The van der Waals surface area contributed by atoms with Crippen molar-refractivity contribution in [1.82, 2.24) is 9.88 Å². The number of likely N-dealkylation sites (N-methyl/N-ethyl adjacent to an activating group) is 1. The van der Waals surface area contributed by atoms with Crippen LogP contribution in [0, 0.1) is 0 Å². The molecule has 0 aromatic carbocycles. The van der Waals surface area contributed by atoms with Crippen molar-refractivity contribution >= 4 is 17.4 Å². The van der Waals surface area contributed by atoms with E-state index < -0.39 is 0 Å². The Kier molecular flexibility index (Phi) is 4.02. The normalized spacial score (nSPS) is 16.6. The van der Waals surface area contributed by atoms with Gasteiger partial charge in [-0.2, -0.15) is 0 Å². The van der Waals surface area contributed by atoms with Crippen LogP contribution >= 0.6 is 11.6 Å². The van der Waals surface area contributed by atoms with Gasteiger partial charge in [-0.15, -0.1) is 0 Å². The zero-order valence-corrected chi connectivity index (χ0v) is 10.5. The molecule has 1 fully saturated rings. The molecular weight excluding hydrogens is 222 g/mol. The average Bonchev–Trinajstić information content (AvgIpc) is 2.79. The summed E-state index contributed by atoms with van der Waals surface area (Å²) in [7, 11) is 2.05. The third kappa shape index (κ3) is 2.86. The van der Waals surface area contributed by atoms with Crippen LogP contribution in [0.2, 0.25) is 5.02 Å². The molecule has 0 aliphatic carbocycles. The van der Waals surface area contributed by atoms with E-state index >= 15 is 0 Å². The molecule has 0 radical (unpaired) electrons. The molecule has 2 heterocycles. The summed E-state index contributed by atoms with van der Waals surface area (Å²) in [5, 5.41) is 0.728. The summed E-state index contributed by atoms with van der Waals surface area (Å²) in [4.78, 5) is 8.92.